The summed E-state index contributed by atoms with van der Waals surface area (Å²) in [5, 5.41) is 0.0511. The van der Waals surface area contributed by atoms with Crippen LogP contribution in [0.3, 0.4) is 0 Å². The lowest BCUT2D eigenvalue weighted by Gasteiger charge is -2.32. The molecule has 0 radical (unpaired) electrons. The molecule has 7 nitrogen and oxygen atoms in total. The van der Waals surface area contributed by atoms with Crippen molar-refractivity contribution in [2.75, 3.05) is 5.43 Å². The lowest BCUT2D eigenvalue weighted by Crippen LogP contribution is -2.43. The molecule has 1 fully saturated rings. The summed E-state index contributed by atoms with van der Waals surface area (Å²) in [4.78, 5) is 4.17. The Morgan fingerprint density at radius 2 is 2.15 bits per heavy atom. The van der Waals surface area contributed by atoms with Crippen molar-refractivity contribution in [3.05, 3.63) is 24.4 Å². The average molecular weight is 295 g/mol. The maximum atomic E-state index is 12.5. The van der Waals surface area contributed by atoms with Crippen LogP contribution in [0.15, 0.2) is 29.4 Å². The highest BCUT2D eigenvalue weighted by atomic mass is 32.2. The van der Waals surface area contributed by atoms with Gasteiger partial charge in [0.1, 0.15) is 5.65 Å². The molecule has 0 spiro atoms. The number of nitrogen functional groups attached to an aromatic ring is 1. The van der Waals surface area contributed by atoms with E-state index in [0.29, 0.717) is 11.6 Å². The average Bonchev–Trinajstić information content (AvgIpc) is 2.75. The molecule has 2 aromatic rings. The number of fused-ring (bicyclic) bond motifs is 1. The Hall–Kier alpha value is -1.64. The fraction of sp³-hybridized carbons (Fsp3) is 0.417. The Morgan fingerprint density at radius 3 is 2.80 bits per heavy atom. The Bertz CT molecular complexity index is 733. The fourth-order valence-electron chi connectivity index (χ4n) is 2.60. The molecule has 8 heteroatoms. The van der Waals surface area contributed by atoms with Gasteiger partial charge in [0.25, 0.3) is 10.0 Å². The van der Waals surface area contributed by atoms with E-state index in [1.54, 1.807) is 24.4 Å². The van der Waals surface area contributed by atoms with Crippen molar-refractivity contribution in [2.24, 2.45) is 11.8 Å². The maximum absolute atomic E-state index is 12.5. The third kappa shape index (κ3) is 2.15. The zero-order valence-electron chi connectivity index (χ0n) is 11.1. The molecule has 0 aliphatic heterocycles. The monoisotopic (exact) mass is 295 g/mol. The quantitative estimate of drug-likeness (QED) is 0.569. The van der Waals surface area contributed by atoms with Gasteiger partial charge in [-0.2, -0.15) is 0 Å². The van der Waals surface area contributed by atoms with E-state index in [9.17, 15) is 8.42 Å². The summed E-state index contributed by atoms with van der Waals surface area (Å²) in [6.45, 7) is 2.10. The van der Waals surface area contributed by atoms with Crippen LogP contribution in [0.2, 0.25) is 0 Å². The van der Waals surface area contributed by atoms with Gasteiger partial charge in [0.15, 0.2) is 10.8 Å². The van der Waals surface area contributed by atoms with Gasteiger partial charge in [-0.25, -0.2) is 24.0 Å². The molecule has 2 heterocycles. The van der Waals surface area contributed by atoms with Crippen LogP contribution < -0.4 is 16.0 Å². The number of rotatable bonds is 4. The second-order valence-corrected chi connectivity index (χ2v) is 6.86. The number of aromatic nitrogens is 2. The van der Waals surface area contributed by atoms with E-state index in [1.807, 2.05) is 0 Å². The zero-order chi connectivity index (χ0) is 14.3. The summed E-state index contributed by atoms with van der Waals surface area (Å²) in [6, 6.07) is 5.26. The predicted octanol–water partition coefficient (Wildman–Crippen LogP) is 0.697. The van der Waals surface area contributed by atoms with Crippen LogP contribution >= 0.6 is 0 Å². The molecule has 0 amide bonds. The molecule has 3 rings (SSSR count). The lowest BCUT2D eigenvalue weighted by molar-refractivity contribution is 0.270. The van der Waals surface area contributed by atoms with Gasteiger partial charge in [-0.05, 0) is 30.9 Å². The van der Waals surface area contributed by atoms with E-state index in [4.69, 9.17) is 5.84 Å². The van der Waals surface area contributed by atoms with Gasteiger partial charge in [0.05, 0.1) is 0 Å². The first-order valence-electron chi connectivity index (χ1n) is 6.47. The van der Waals surface area contributed by atoms with Crippen molar-refractivity contribution >= 4 is 21.5 Å². The number of anilines is 1. The number of nitrogens with one attached hydrogen (secondary N) is 2. The predicted molar refractivity (Wildman–Crippen MR) is 75.5 cm³/mol. The topological polar surface area (TPSA) is 102 Å². The molecule has 1 aliphatic rings. The highest BCUT2D eigenvalue weighted by molar-refractivity contribution is 7.89. The van der Waals surface area contributed by atoms with E-state index < -0.39 is 10.0 Å². The molecule has 108 valence electrons. The molecule has 0 aromatic carbocycles. The molecule has 1 saturated carbocycles. The minimum atomic E-state index is -3.66. The van der Waals surface area contributed by atoms with Crippen LogP contribution in [0.1, 0.15) is 19.8 Å². The normalized spacial score (nSPS) is 22.7. The zero-order valence-corrected chi connectivity index (χ0v) is 11.9. The van der Waals surface area contributed by atoms with E-state index in [0.717, 1.165) is 12.8 Å². The minimum Gasteiger partial charge on any atom is -0.306 e. The summed E-state index contributed by atoms with van der Waals surface area (Å²) in [5.41, 5.74) is 2.89. The number of hydrogen-bond acceptors (Lipinski definition) is 5. The highest BCUT2D eigenvalue weighted by Crippen LogP contribution is 2.29. The summed E-state index contributed by atoms with van der Waals surface area (Å²) < 4.78 is 29.3. The summed E-state index contributed by atoms with van der Waals surface area (Å²) in [7, 11) is -3.66. The van der Waals surface area contributed by atoms with E-state index >= 15 is 0 Å². The fourth-order valence-corrected chi connectivity index (χ4v) is 4.11. The molecule has 0 bridgehead atoms. The first-order chi connectivity index (χ1) is 9.51. The molecule has 2 aromatic heterocycles. The number of pyridine rings is 1. The number of imidazole rings is 1. The van der Waals surface area contributed by atoms with E-state index in [2.05, 4.69) is 22.1 Å². The van der Waals surface area contributed by atoms with Gasteiger partial charge < -0.3 is 5.43 Å². The summed E-state index contributed by atoms with van der Waals surface area (Å²) >= 11 is 0. The Balaban J connectivity index is 2.03. The molecule has 0 unspecified atom stereocenters. The summed E-state index contributed by atoms with van der Waals surface area (Å²) in [6.07, 6.45) is 3.38. The van der Waals surface area contributed by atoms with Gasteiger partial charge >= 0.3 is 0 Å². The first-order valence-corrected chi connectivity index (χ1v) is 7.95. The molecular weight excluding hydrogens is 278 g/mol. The van der Waals surface area contributed by atoms with Crippen molar-refractivity contribution in [1.29, 1.82) is 0 Å². The largest absolute Gasteiger partial charge is 0.306 e. The van der Waals surface area contributed by atoms with Crippen LogP contribution in [0.4, 0.5) is 5.82 Å². The van der Waals surface area contributed by atoms with Gasteiger partial charge in [-0.3, -0.25) is 4.40 Å². The standard InChI is InChI=1S/C12H17N5O2S/c1-8-6-9(7-8)16-20(18,19)12-11(15-13)14-10-4-2-3-5-17(10)12/h2-5,8-9,15-16H,6-7,13H2,1H3. The van der Waals surface area contributed by atoms with E-state index in [-0.39, 0.29) is 16.9 Å². The number of hydrazine groups is 1. The van der Waals surface area contributed by atoms with Crippen molar-refractivity contribution in [1.82, 2.24) is 14.1 Å². The number of nitrogens with zero attached hydrogens (tertiary/aromatic N) is 2. The SMILES string of the molecule is CC1CC(NS(=O)(=O)c2c(NN)nc3ccccn23)C1. The number of hydrogen-bond donors (Lipinski definition) is 3. The van der Waals surface area contributed by atoms with Crippen molar-refractivity contribution in [3.63, 3.8) is 0 Å². The maximum Gasteiger partial charge on any atom is 0.260 e. The van der Waals surface area contributed by atoms with Gasteiger partial charge in [0, 0.05) is 12.2 Å². The molecule has 20 heavy (non-hydrogen) atoms. The van der Waals surface area contributed by atoms with Crippen molar-refractivity contribution < 1.29 is 8.42 Å². The highest BCUT2D eigenvalue weighted by Gasteiger charge is 2.33. The van der Waals surface area contributed by atoms with Crippen molar-refractivity contribution in [3.8, 4) is 0 Å². The summed E-state index contributed by atoms with van der Waals surface area (Å²) in [5.74, 6) is 6.11. The smallest absolute Gasteiger partial charge is 0.260 e. The Morgan fingerprint density at radius 1 is 1.40 bits per heavy atom. The van der Waals surface area contributed by atoms with Gasteiger partial charge in [0.2, 0.25) is 0 Å². The third-order valence-corrected chi connectivity index (χ3v) is 5.12. The Kier molecular flexibility index (Phi) is 3.15. The van der Waals surface area contributed by atoms with E-state index in [1.165, 1.54) is 4.40 Å². The second-order valence-electron chi connectivity index (χ2n) is 5.23. The molecule has 4 N–H and O–H groups in total. The second kappa shape index (κ2) is 4.72. The van der Waals surface area contributed by atoms with Crippen LogP contribution in [0.25, 0.3) is 5.65 Å². The van der Waals surface area contributed by atoms with Gasteiger partial charge in [-0.15, -0.1) is 0 Å². The molecule has 1 aliphatic carbocycles. The molecule has 0 atom stereocenters. The van der Waals surface area contributed by atoms with Crippen LogP contribution in [-0.4, -0.2) is 23.8 Å². The first kappa shape index (κ1) is 13.3. The number of nitrogens with two attached hydrogens (primary N) is 1. The Labute approximate surface area is 117 Å². The van der Waals surface area contributed by atoms with Crippen LogP contribution in [0.5, 0.6) is 0 Å². The minimum absolute atomic E-state index is 0.00473. The number of sulfonamides is 1. The van der Waals surface area contributed by atoms with Crippen LogP contribution in [-0.2, 0) is 10.0 Å². The van der Waals surface area contributed by atoms with Crippen LogP contribution in [0, 0.1) is 5.92 Å². The van der Waals surface area contributed by atoms with Crippen molar-refractivity contribution in [2.45, 2.75) is 30.8 Å². The third-order valence-electron chi connectivity index (χ3n) is 3.57. The molecular formula is C12H17N5O2S. The molecule has 0 saturated heterocycles. The lowest BCUT2D eigenvalue weighted by atomic mass is 9.83. The van der Waals surface area contributed by atoms with Gasteiger partial charge in [-0.1, -0.05) is 13.0 Å².